The van der Waals surface area contributed by atoms with Crippen molar-refractivity contribution < 1.29 is 28.7 Å². The fourth-order valence-electron chi connectivity index (χ4n) is 3.55. The molecule has 2 N–H and O–H groups in total. The minimum absolute atomic E-state index is 0.308. The van der Waals surface area contributed by atoms with Crippen LogP contribution in [0.4, 0.5) is 0 Å². The van der Waals surface area contributed by atoms with Crippen LogP contribution in [0, 0.1) is 11.8 Å². The highest BCUT2D eigenvalue weighted by Crippen LogP contribution is 2.26. The molecule has 1 aliphatic heterocycles. The fraction of sp³-hybridized carbons (Fsp3) is 0.739. The zero-order valence-electron chi connectivity index (χ0n) is 20.7. The van der Waals surface area contributed by atoms with Crippen LogP contribution < -0.4 is 10.7 Å². The Morgan fingerprint density at radius 3 is 2.43 bits per heavy atom. The van der Waals surface area contributed by atoms with Gasteiger partial charge in [0, 0.05) is 6.54 Å². The Hall–Kier alpha value is -1.55. The molecule has 0 aliphatic carbocycles. The molecule has 4 atom stereocenters. The van der Waals surface area contributed by atoms with Crippen LogP contribution in [-0.2, 0) is 28.7 Å². The zero-order chi connectivity index (χ0) is 26.8. The molecule has 0 saturated carbocycles. The van der Waals surface area contributed by atoms with E-state index in [-0.39, 0.29) is 11.8 Å². The van der Waals surface area contributed by atoms with E-state index in [1.54, 1.807) is 19.9 Å². The number of hydrazine groups is 1. The van der Waals surface area contributed by atoms with Gasteiger partial charge in [-0.05, 0) is 38.5 Å². The van der Waals surface area contributed by atoms with Crippen LogP contribution in [0.25, 0.3) is 0 Å². The lowest BCUT2D eigenvalue weighted by Gasteiger charge is -2.34. The summed E-state index contributed by atoms with van der Waals surface area (Å²) >= 11 is 16.8. The number of hydrogen-bond acceptors (Lipinski definition) is 7. The Labute approximate surface area is 222 Å². The number of amides is 2. The second-order valence-corrected chi connectivity index (χ2v) is 11.4. The van der Waals surface area contributed by atoms with Crippen LogP contribution in [0.5, 0.6) is 0 Å². The molecular formula is C23H36Cl3N3O6. The molecule has 12 heteroatoms. The highest BCUT2D eigenvalue weighted by Gasteiger charge is 2.35. The quantitative estimate of drug-likeness (QED) is 0.215. The van der Waals surface area contributed by atoms with Crippen molar-refractivity contribution in [3.63, 3.8) is 0 Å². The number of ether oxygens (including phenoxy) is 2. The van der Waals surface area contributed by atoms with Gasteiger partial charge in [0.2, 0.25) is 3.79 Å². The molecule has 0 aromatic carbocycles. The third-order valence-electron chi connectivity index (χ3n) is 5.37. The van der Waals surface area contributed by atoms with Crippen molar-refractivity contribution in [3.05, 3.63) is 12.7 Å². The normalized spacial score (nSPS) is 18.9. The molecule has 1 heterocycles. The number of carbonyl (C=O) groups is 4. The van der Waals surface area contributed by atoms with E-state index in [0.29, 0.717) is 32.2 Å². The Balaban J connectivity index is 2.74. The number of nitrogens with one attached hydrogen (secondary N) is 2. The lowest BCUT2D eigenvalue weighted by Crippen LogP contribution is -2.60. The Morgan fingerprint density at radius 2 is 1.89 bits per heavy atom. The van der Waals surface area contributed by atoms with Gasteiger partial charge in [-0.2, -0.15) is 0 Å². The predicted molar refractivity (Wildman–Crippen MR) is 135 cm³/mol. The highest BCUT2D eigenvalue weighted by atomic mass is 35.6. The first-order valence-corrected chi connectivity index (χ1v) is 12.9. The second kappa shape index (κ2) is 14.9. The van der Waals surface area contributed by atoms with Crippen LogP contribution in [-0.4, -0.2) is 63.9 Å². The molecule has 0 bridgehead atoms. The van der Waals surface area contributed by atoms with Crippen molar-refractivity contribution in [2.24, 2.45) is 11.8 Å². The molecule has 0 aromatic heterocycles. The largest absolute Gasteiger partial charge is 0.460 e. The number of alkyl halides is 3. The summed E-state index contributed by atoms with van der Waals surface area (Å²) in [5.74, 6) is -2.83. The number of carbonyl (C=O) groups excluding carboxylic acids is 4. The van der Waals surface area contributed by atoms with Crippen LogP contribution in [0.2, 0.25) is 0 Å². The van der Waals surface area contributed by atoms with Gasteiger partial charge in [-0.25, -0.2) is 5.43 Å². The van der Waals surface area contributed by atoms with Gasteiger partial charge in [0.05, 0.1) is 5.92 Å². The maximum atomic E-state index is 12.9. The summed E-state index contributed by atoms with van der Waals surface area (Å²) in [7, 11) is 0. The number of nitrogens with zero attached hydrogens (tertiary/aromatic N) is 1. The van der Waals surface area contributed by atoms with E-state index in [0.717, 1.165) is 6.42 Å². The summed E-state index contributed by atoms with van der Waals surface area (Å²) in [6.45, 7) is 10.6. The van der Waals surface area contributed by atoms with E-state index in [9.17, 15) is 19.2 Å². The molecular weight excluding hydrogens is 521 g/mol. The Bertz CT molecular complexity index is 759. The third kappa shape index (κ3) is 10.9. The van der Waals surface area contributed by atoms with Crippen molar-refractivity contribution in [3.8, 4) is 0 Å². The van der Waals surface area contributed by atoms with Crippen LogP contribution in [0.15, 0.2) is 12.7 Å². The summed E-state index contributed by atoms with van der Waals surface area (Å²) in [4.78, 5) is 50.7. The minimum Gasteiger partial charge on any atom is -0.460 e. The van der Waals surface area contributed by atoms with Gasteiger partial charge in [-0.3, -0.25) is 24.2 Å². The van der Waals surface area contributed by atoms with E-state index >= 15 is 0 Å². The average molecular weight is 557 g/mol. The Morgan fingerprint density at radius 1 is 1.23 bits per heavy atom. The standard InChI is InChI=1S/C23H36Cl3N3O6/c1-6-9-16(10-7-2)21(32)35-18(14(3)4)19(30)27-15(5)20(31)29-12-8-11-17(28-29)22(33)34-13-23(24,25)26/h6,14-18,28H,1,7-13H2,2-5H3,(H,27,30). The first-order chi connectivity index (χ1) is 16.3. The maximum absolute atomic E-state index is 12.9. The van der Waals surface area contributed by atoms with Crippen molar-refractivity contribution in [1.29, 1.82) is 0 Å². The summed E-state index contributed by atoms with van der Waals surface area (Å²) in [6, 6.07) is -1.74. The number of hydrogen-bond donors (Lipinski definition) is 2. The van der Waals surface area contributed by atoms with Crippen molar-refractivity contribution >= 4 is 58.6 Å². The molecule has 0 aromatic rings. The summed E-state index contributed by atoms with van der Waals surface area (Å²) in [6.07, 6.45) is 3.43. The van der Waals surface area contributed by atoms with Gasteiger partial charge < -0.3 is 14.8 Å². The molecule has 1 fully saturated rings. The molecule has 1 aliphatic rings. The molecule has 0 spiro atoms. The van der Waals surface area contributed by atoms with Gasteiger partial charge in [0.15, 0.2) is 6.10 Å². The smallest absolute Gasteiger partial charge is 0.325 e. The highest BCUT2D eigenvalue weighted by molar-refractivity contribution is 6.67. The topological polar surface area (TPSA) is 114 Å². The van der Waals surface area contributed by atoms with Crippen molar-refractivity contribution in [1.82, 2.24) is 15.8 Å². The lowest BCUT2D eigenvalue weighted by atomic mass is 9.99. The minimum atomic E-state index is -1.74. The molecule has 1 rings (SSSR count). The number of esters is 2. The van der Waals surface area contributed by atoms with Crippen LogP contribution >= 0.6 is 34.8 Å². The number of halogens is 3. The van der Waals surface area contributed by atoms with E-state index in [1.807, 2.05) is 6.92 Å². The maximum Gasteiger partial charge on any atom is 0.325 e. The molecule has 200 valence electrons. The van der Waals surface area contributed by atoms with E-state index < -0.39 is 52.3 Å². The third-order valence-corrected chi connectivity index (χ3v) is 5.70. The molecule has 0 radical (unpaired) electrons. The van der Waals surface area contributed by atoms with Gasteiger partial charge in [0.25, 0.3) is 11.8 Å². The second-order valence-electron chi connectivity index (χ2n) is 8.88. The number of rotatable bonds is 12. The molecule has 2 amide bonds. The first kappa shape index (κ1) is 31.5. The van der Waals surface area contributed by atoms with Crippen molar-refractivity contribution in [2.75, 3.05) is 13.2 Å². The van der Waals surface area contributed by atoms with Gasteiger partial charge in [0.1, 0.15) is 18.7 Å². The van der Waals surface area contributed by atoms with Crippen LogP contribution in [0.1, 0.15) is 59.8 Å². The predicted octanol–water partition coefficient (Wildman–Crippen LogP) is 3.46. The Kier molecular flexibility index (Phi) is 13.4. The molecule has 35 heavy (non-hydrogen) atoms. The van der Waals surface area contributed by atoms with E-state index in [2.05, 4.69) is 17.3 Å². The molecule has 1 saturated heterocycles. The summed E-state index contributed by atoms with van der Waals surface area (Å²) < 4.78 is 8.79. The summed E-state index contributed by atoms with van der Waals surface area (Å²) in [5.41, 5.74) is 2.80. The monoisotopic (exact) mass is 555 g/mol. The van der Waals surface area contributed by atoms with E-state index in [1.165, 1.54) is 11.9 Å². The fourth-order valence-corrected chi connectivity index (χ4v) is 3.72. The van der Waals surface area contributed by atoms with Gasteiger partial charge in [-0.15, -0.1) is 6.58 Å². The number of allylic oxidation sites excluding steroid dienone is 1. The SMILES string of the molecule is C=CCC(CCC)C(=O)OC(C(=O)NC(C)C(=O)N1CCCC(C(=O)OCC(Cl)(Cl)Cl)N1)C(C)C. The van der Waals surface area contributed by atoms with Crippen LogP contribution in [0.3, 0.4) is 0 Å². The van der Waals surface area contributed by atoms with E-state index in [4.69, 9.17) is 44.3 Å². The van der Waals surface area contributed by atoms with Gasteiger partial charge >= 0.3 is 11.9 Å². The van der Waals surface area contributed by atoms with Gasteiger partial charge in [-0.1, -0.05) is 68.1 Å². The van der Waals surface area contributed by atoms with Crippen molar-refractivity contribution in [2.45, 2.75) is 81.8 Å². The molecule has 9 nitrogen and oxygen atoms in total. The summed E-state index contributed by atoms with van der Waals surface area (Å²) in [5, 5.41) is 3.88. The molecule has 4 unspecified atom stereocenters. The average Bonchev–Trinajstić information content (AvgIpc) is 2.79. The lowest BCUT2D eigenvalue weighted by molar-refractivity contribution is -0.163. The zero-order valence-corrected chi connectivity index (χ0v) is 22.9. The first-order valence-electron chi connectivity index (χ1n) is 11.7.